The van der Waals surface area contributed by atoms with Crippen molar-refractivity contribution < 1.29 is 5.11 Å². The molecule has 2 aliphatic heterocycles. The molecule has 1 spiro atoms. The molecule has 130 valence electrons. The maximum atomic E-state index is 10.6. The third-order valence-electron chi connectivity index (χ3n) is 5.71. The van der Waals surface area contributed by atoms with Crippen LogP contribution >= 0.6 is 0 Å². The number of hydrogen-bond acceptors (Lipinski definition) is 5. The Bertz CT molecular complexity index is 738. The maximum Gasteiger partial charge on any atom is 0.159 e. The van der Waals surface area contributed by atoms with E-state index in [4.69, 9.17) is 4.98 Å². The summed E-state index contributed by atoms with van der Waals surface area (Å²) in [4.78, 5) is 7.16. The SMILES string of the molecule is Cc1cc(C)n2ncc(CN3CCC[C@]4(CNCC[C@@H]4O)C3)c2n1. The van der Waals surface area contributed by atoms with E-state index in [-0.39, 0.29) is 11.5 Å². The number of nitrogens with one attached hydrogen (secondary N) is 1. The van der Waals surface area contributed by atoms with Crippen molar-refractivity contribution in [3.63, 3.8) is 0 Å². The van der Waals surface area contributed by atoms with Crippen molar-refractivity contribution in [2.45, 2.75) is 45.8 Å². The van der Waals surface area contributed by atoms with E-state index in [1.54, 1.807) is 0 Å². The molecule has 2 aliphatic rings. The fraction of sp³-hybridized carbons (Fsp3) is 0.667. The third kappa shape index (κ3) is 2.72. The molecule has 24 heavy (non-hydrogen) atoms. The molecule has 2 atom stereocenters. The van der Waals surface area contributed by atoms with E-state index in [0.29, 0.717) is 0 Å². The predicted octanol–water partition coefficient (Wildman–Crippen LogP) is 1.28. The summed E-state index contributed by atoms with van der Waals surface area (Å²) in [7, 11) is 0. The van der Waals surface area contributed by atoms with Crippen molar-refractivity contribution in [2.75, 3.05) is 26.2 Å². The van der Waals surface area contributed by atoms with Crippen molar-refractivity contribution >= 4 is 5.65 Å². The second-order valence-electron chi connectivity index (χ2n) is 7.60. The average Bonchev–Trinajstić information content (AvgIpc) is 2.94. The van der Waals surface area contributed by atoms with Crippen LogP contribution in [-0.4, -0.2) is 56.9 Å². The monoisotopic (exact) mass is 329 g/mol. The van der Waals surface area contributed by atoms with Crippen LogP contribution in [-0.2, 0) is 6.54 Å². The Morgan fingerprint density at radius 1 is 1.42 bits per heavy atom. The average molecular weight is 329 g/mol. The number of aryl methyl sites for hydroxylation is 2. The zero-order valence-corrected chi connectivity index (χ0v) is 14.6. The highest BCUT2D eigenvalue weighted by Crippen LogP contribution is 2.36. The molecule has 6 heteroatoms. The molecule has 0 aromatic carbocycles. The molecular formula is C18H27N5O. The molecule has 0 amide bonds. The number of aromatic nitrogens is 3. The zero-order valence-electron chi connectivity index (χ0n) is 14.6. The number of piperidine rings is 2. The van der Waals surface area contributed by atoms with E-state index in [1.807, 2.05) is 17.6 Å². The van der Waals surface area contributed by atoms with E-state index in [0.717, 1.165) is 69.0 Å². The Labute approximate surface area is 142 Å². The largest absolute Gasteiger partial charge is 0.392 e. The first-order valence-corrected chi connectivity index (χ1v) is 8.99. The minimum absolute atomic E-state index is 0.0126. The zero-order chi connectivity index (χ0) is 16.7. The molecule has 4 heterocycles. The Morgan fingerprint density at radius 3 is 3.12 bits per heavy atom. The summed E-state index contributed by atoms with van der Waals surface area (Å²) in [5, 5.41) is 18.6. The standard InChI is InChI=1S/C18H27N5O/c1-13-8-14(2)23-17(21-13)15(9-20-23)10-22-7-3-5-18(12-22)11-19-6-4-16(18)24/h8-9,16,19,24H,3-7,10-12H2,1-2H3/t16-,18-/m0/s1. The van der Waals surface area contributed by atoms with E-state index in [2.05, 4.69) is 28.3 Å². The summed E-state index contributed by atoms with van der Waals surface area (Å²) < 4.78 is 1.93. The highest BCUT2D eigenvalue weighted by atomic mass is 16.3. The van der Waals surface area contributed by atoms with Crippen LogP contribution in [0.1, 0.15) is 36.2 Å². The second-order valence-corrected chi connectivity index (χ2v) is 7.60. The van der Waals surface area contributed by atoms with Crippen molar-refractivity contribution in [3.05, 3.63) is 29.2 Å². The highest BCUT2D eigenvalue weighted by Gasteiger charge is 2.43. The lowest BCUT2D eigenvalue weighted by atomic mass is 9.72. The Balaban J connectivity index is 1.57. The van der Waals surface area contributed by atoms with Crippen molar-refractivity contribution in [2.24, 2.45) is 5.41 Å². The molecule has 0 aliphatic carbocycles. The van der Waals surface area contributed by atoms with Gasteiger partial charge in [0.1, 0.15) is 0 Å². The molecule has 6 nitrogen and oxygen atoms in total. The van der Waals surface area contributed by atoms with Gasteiger partial charge in [-0.15, -0.1) is 0 Å². The number of likely N-dealkylation sites (tertiary alicyclic amines) is 1. The van der Waals surface area contributed by atoms with Crippen LogP contribution in [0.5, 0.6) is 0 Å². The lowest BCUT2D eigenvalue weighted by Crippen LogP contribution is -2.57. The summed E-state index contributed by atoms with van der Waals surface area (Å²) in [6, 6.07) is 2.06. The third-order valence-corrected chi connectivity index (χ3v) is 5.71. The van der Waals surface area contributed by atoms with Gasteiger partial charge >= 0.3 is 0 Å². The molecule has 0 radical (unpaired) electrons. The molecular weight excluding hydrogens is 302 g/mol. The number of fused-ring (bicyclic) bond motifs is 1. The first-order valence-electron chi connectivity index (χ1n) is 8.99. The fourth-order valence-corrected chi connectivity index (χ4v) is 4.48. The van der Waals surface area contributed by atoms with Crippen molar-refractivity contribution in [1.82, 2.24) is 24.8 Å². The molecule has 2 aromatic heterocycles. The summed E-state index contributed by atoms with van der Waals surface area (Å²) in [5.74, 6) is 0. The van der Waals surface area contributed by atoms with Crippen LogP contribution in [0.25, 0.3) is 5.65 Å². The van der Waals surface area contributed by atoms with Gasteiger partial charge in [0, 0.05) is 42.0 Å². The molecule has 2 N–H and O–H groups in total. The van der Waals surface area contributed by atoms with E-state index in [1.165, 1.54) is 5.56 Å². The summed E-state index contributed by atoms with van der Waals surface area (Å²) in [6.07, 6.45) is 4.88. The molecule has 2 saturated heterocycles. The molecule has 0 bridgehead atoms. The molecule has 2 aromatic rings. The van der Waals surface area contributed by atoms with Gasteiger partial charge in [0.2, 0.25) is 0 Å². The Morgan fingerprint density at radius 2 is 2.29 bits per heavy atom. The first-order chi connectivity index (χ1) is 11.6. The predicted molar refractivity (Wildman–Crippen MR) is 92.9 cm³/mol. The number of hydrogen-bond donors (Lipinski definition) is 2. The molecule has 2 fully saturated rings. The second kappa shape index (κ2) is 6.10. The minimum Gasteiger partial charge on any atom is -0.392 e. The molecule has 4 rings (SSSR count). The van der Waals surface area contributed by atoms with E-state index >= 15 is 0 Å². The van der Waals surface area contributed by atoms with Gasteiger partial charge in [0.25, 0.3) is 0 Å². The lowest BCUT2D eigenvalue weighted by molar-refractivity contribution is -0.0513. The summed E-state index contributed by atoms with van der Waals surface area (Å²) >= 11 is 0. The topological polar surface area (TPSA) is 65.7 Å². The summed E-state index contributed by atoms with van der Waals surface area (Å²) in [5.41, 5.74) is 4.31. The van der Waals surface area contributed by atoms with Gasteiger partial charge in [0.05, 0.1) is 12.3 Å². The van der Waals surface area contributed by atoms with Crippen LogP contribution in [0.3, 0.4) is 0 Å². The molecule has 0 saturated carbocycles. The normalized spacial score (nSPS) is 28.7. The minimum atomic E-state index is -0.187. The Kier molecular flexibility index (Phi) is 4.06. The first kappa shape index (κ1) is 16.0. The van der Waals surface area contributed by atoms with E-state index in [9.17, 15) is 5.11 Å². The van der Waals surface area contributed by atoms with Crippen LogP contribution in [0.2, 0.25) is 0 Å². The smallest absolute Gasteiger partial charge is 0.159 e. The number of rotatable bonds is 2. The fourth-order valence-electron chi connectivity index (χ4n) is 4.48. The highest BCUT2D eigenvalue weighted by molar-refractivity contribution is 5.47. The van der Waals surface area contributed by atoms with Gasteiger partial charge in [-0.1, -0.05) is 0 Å². The summed E-state index contributed by atoms with van der Waals surface area (Å²) in [6.45, 7) is 8.84. The number of nitrogens with zero attached hydrogens (tertiary/aromatic N) is 4. The Hall–Kier alpha value is -1.50. The van der Waals surface area contributed by atoms with Crippen molar-refractivity contribution in [1.29, 1.82) is 0 Å². The van der Waals surface area contributed by atoms with Crippen LogP contribution in [0.4, 0.5) is 0 Å². The molecule has 0 unspecified atom stereocenters. The number of aliphatic hydroxyl groups excluding tert-OH is 1. The maximum absolute atomic E-state index is 10.6. The van der Waals surface area contributed by atoms with Gasteiger partial charge in [-0.05, 0) is 52.3 Å². The quantitative estimate of drug-likeness (QED) is 0.869. The van der Waals surface area contributed by atoms with Gasteiger partial charge in [-0.25, -0.2) is 9.50 Å². The van der Waals surface area contributed by atoms with Crippen LogP contribution in [0, 0.1) is 19.3 Å². The van der Waals surface area contributed by atoms with Crippen LogP contribution < -0.4 is 5.32 Å². The van der Waals surface area contributed by atoms with E-state index < -0.39 is 0 Å². The van der Waals surface area contributed by atoms with Crippen LogP contribution in [0.15, 0.2) is 12.3 Å². The van der Waals surface area contributed by atoms with Gasteiger partial charge in [-0.3, -0.25) is 4.90 Å². The lowest BCUT2D eigenvalue weighted by Gasteiger charge is -2.48. The van der Waals surface area contributed by atoms with Crippen molar-refractivity contribution in [3.8, 4) is 0 Å². The van der Waals surface area contributed by atoms with Gasteiger partial charge in [-0.2, -0.15) is 5.10 Å². The number of aliphatic hydroxyl groups is 1. The van der Waals surface area contributed by atoms with Gasteiger partial charge in [0.15, 0.2) is 5.65 Å². The van der Waals surface area contributed by atoms with Gasteiger partial charge < -0.3 is 10.4 Å².